The summed E-state index contributed by atoms with van der Waals surface area (Å²) in [5.41, 5.74) is 8.77. The average molecular weight is 267 g/mol. The Balaban J connectivity index is 2.28. The highest BCUT2D eigenvalue weighted by Crippen LogP contribution is 2.24. The summed E-state index contributed by atoms with van der Waals surface area (Å²) in [7, 11) is 0. The number of aryl methyl sites for hydroxylation is 1. The van der Waals surface area contributed by atoms with Gasteiger partial charge in [0.2, 0.25) is 5.43 Å². The summed E-state index contributed by atoms with van der Waals surface area (Å²) < 4.78 is 5.50. The molecule has 3 N–H and O–H groups in total. The normalized spacial score (nSPS) is 10.8. The van der Waals surface area contributed by atoms with Gasteiger partial charge in [-0.3, -0.25) is 4.79 Å². The first-order valence-electron chi connectivity index (χ1n) is 6.17. The predicted molar refractivity (Wildman–Crippen MR) is 78.7 cm³/mol. The summed E-state index contributed by atoms with van der Waals surface area (Å²) in [4.78, 5) is 12.5. The highest BCUT2D eigenvalue weighted by atomic mass is 16.3. The second-order valence-corrected chi connectivity index (χ2v) is 4.73. The van der Waals surface area contributed by atoms with Crippen molar-refractivity contribution in [2.24, 2.45) is 0 Å². The van der Waals surface area contributed by atoms with Crippen molar-refractivity contribution in [2.75, 3.05) is 5.73 Å². The molecule has 0 radical (unpaired) electrons. The Morgan fingerprint density at radius 3 is 2.55 bits per heavy atom. The van der Waals surface area contributed by atoms with Gasteiger partial charge in [0.05, 0.1) is 10.9 Å². The molecule has 1 heterocycles. The first kappa shape index (κ1) is 12.3. The van der Waals surface area contributed by atoms with Crippen molar-refractivity contribution in [1.29, 1.82) is 0 Å². The van der Waals surface area contributed by atoms with Gasteiger partial charge in [0, 0.05) is 11.8 Å². The monoisotopic (exact) mass is 267 g/mol. The molecule has 0 aliphatic carbocycles. The summed E-state index contributed by atoms with van der Waals surface area (Å²) in [5, 5.41) is 9.80. The first-order valence-corrected chi connectivity index (χ1v) is 6.17. The summed E-state index contributed by atoms with van der Waals surface area (Å²) in [5.74, 6) is 0.155. The lowest BCUT2D eigenvalue weighted by Crippen LogP contribution is -2.05. The first-order chi connectivity index (χ1) is 9.56. The predicted octanol–water partition coefficient (Wildman–Crippen LogP) is 3.06. The van der Waals surface area contributed by atoms with E-state index < -0.39 is 0 Å². The second kappa shape index (κ2) is 4.42. The van der Waals surface area contributed by atoms with Crippen LogP contribution in [-0.4, -0.2) is 5.11 Å². The van der Waals surface area contributed by atoms with Crippen molar-refractivity contribution in [3.05, 3.63) is 58.4 Å². The number of nitrogen functional groups attached to an aromatic ring is 1. The van der Waals surface area contributed by atoms with Crippen LogP contribution >= 0.6 is 0 Å². The van der Waals surface area contributed by atoms with Crippen LogP contribution in [0.2, 0.25) is 0 Å². The number of nitrogens with two attached hydrogens (primary N) is 1. The quantitative estimate of drug-likeness (QED) is 0.664. The van der Waals surface area contributed by atoms with Gasteiger partial charge in [-0.2, -0.15) is 0 Å². The zero-order valence-corrected chi connectivity index (χ0v) is 10.9. The fourth-order valence-electron chi connectivity index (χ4n) is 2.14. The van der Waals surface area contributed by atoms with Gasteiger partial charge in [-0.1, -0.05) is 12.1 Å². The van der Waals surface area contributed by atoms with Crippen molar-refractivity contribution in [2.45, 2.75) is 6.92 Å². The fourth-order valence-corrected chi connectivity index (χ4v) is 2.14. The Labute approximate surface area is 115 Å². The minimum absolute atomic E-state index is 0.111. The van der Waals surface area contributed by atoms with Crippen LogP contribution in [0.15, 0.2) is 51.9 Å². The van der Waals surface area contributed by atoms with Crippen LogP contribution in [0, 0.1) is 6.92 Å². The van der Waals surface area contributed by atoms with Crippen LogP contribution < -0.4 is 11.2 Å². The SMILES string of the molecule is Cc1cc2c(=O)c(-c3ccc(O)cc3)coc2cc1N. The molecule has 0 spiro atoms. The molecule has 20 heavy (non-hydrogen) atoms. The topological polar surface area (TPSA) is 76.5 Å². The third-order valence-electron chi connectivity index (χ3n) is 3.34. The number of anilines is 1. The van der Waals surface area contributed by atoms with Crippen LogP contribution in [0.4, 0.5) is 5.69 Å². The maximum atomic E-state index is 12.5. The van der Waals surface area contributed by atoms with E-state index in [0.29, 0.717) is 27.8 Å². The van der Waals surface area contributed by atoms with E-state index in [1.54, 1.807) is 24.3 Å². The largest absolute Gasteiger partial charge is 0.508 e. The Morgan fingerprint density at radius 2 is 1.85 bits per heavy atom. The second-order valence-electron chi connectivity index (χ2n) is 4.73. The van der Waals surface area contributed by atoms with Gasteiger partial charge in [-0.25, -0.2) is 0 Å². The molecule has 0 amide bonds. The Bertz CT molecular complexity index is 848. The summed E-state index contributed by atoms with van der Waals surface area (Å²) in [6.07, 6.45) is 1.42. The van der Waals surface area contributed by atoms with Gasteiger partial charge in [0.15, 0.2) is 0 Å². The molecule has 2 aromatic carbocycles. The molecule has 4 heteroatoms. The van der Waals surface area contributed by atoms with E-state index in [-0.39, 0.29) is 11.2 Å². The zero-order valence-electron chi connectivity index (χ0n) is 10.9. The van der Waals surface area contributed by atoms with Crippen LogP contribution in [0.25, 0.3) is 22.1 Å². The fraction of sp³-hybridized carbons (Fsp3) is 0.0625. The lowest BCUT2D eigenvalue weighted by Gasteiger charge is -2.05. The minimum Gasteiger partial charge on any atom is -0.508 e. The van der Waals surface area contributed by atoms with E-state index in [2.05, 4.69) is 0 Å². The van der Waals surface area contributed by atoms with Crippen LogP contribution in [0.3, 0.4) is 0 Å². The van der Waals surface area contributed by atoms with Gasteiger partial charge in [-0.05, 0) is 36.2 Å². The molecular formula is C16H13NO3. The van der Waals surface area contributed by atoms with Crippen LogP contribution in [0.1, 0.15) is 5.56 Å². The van der Waals surface area contributed by atoms with Crippen molar-refractivity contribution < 1.29 is 9.52 Å². The van der Waals surface area contributed by atoms with E-state index in [0.717, 1.165) is 5.56 Å². The zero-order chi connectivity index (χ0) is 14.3. The number of hydrogen-bond acceptors (Lipinski definition) is 4. The summed E-state index contributed by atoms with van der Waals surface area (Å²) >= 11 is 0. The highest BCUT2D eigenvalue weighted by Gasteiger charge is 2.10. The number of phenols is 1. The van der Waals surface area contributed by atoms with E-state index in [1.165, 1.54) is 18.4 Å². The maximum absolute atomic E-state index is 12.5. The van der Waals surface area contributed by atoms with Crippen molar-refractivity contribution in [3.8, 4) is 16.9 Å². The molecule has 1 aromatic heterocycles. The number of rotatable bonds is 1. The van der Waals surface area contributed by atoms with Crippen LogP contribution in [-0.2, 0) is 0 Å². The molecule has 0 fully saturated rings. The Hall–Kier alpha value is -2.75. The molecule has 0 aliphatic rings. The molecule has 100 valence electrons. The number of hydrogen-bond donors (Lipinski definition) is 2. The van der Waals surface area contributed by atoms with E-state index >= 15 is 0 Å². The van der Waals surface area contributed by atoms with E-state index in [9.17, 15) is 9.90 Å². The van der Waals surface area contributed by atoms with E-state index in [1.807, 2.05) is 6.92 Å². The molecule has 0 bridgehead atoms. The van der Waals surface area contributed by atoms with Gasteiger partial charge >= 0.3 is 0 Å². The molecule has 4 nitrogen and oxygen atoms in total. The summed E-state index contributed by atoms with van der Waals surface area (Å²) in [6, 6.07) is 9.82. The average Bonchev–Trinajstić information content (AvgIpc) is 2.43. The molecule has 0 aliphatic heterocycles. The third kappa shape index (κ3) is 1.91. The van der Waals surface area contributed by atoms with Crippen molar-refractivity contribution >= 4 is 16.7 Å². The lowest BCUT2D eigenvalue weighted by atomic mass is 10.0. The maximum Gasteiger partial charge on any atom is 0.200 e. The molecule has 3 aromatic rings. The molecule has 3 rings (SSSR count). The Kier molecular flexibility index (Phi) is 2.71. The molecule has 0 atom stereocenters. The molecular weight excluding hydrogens is 254 g/mol. The molecule has 0 saturated heterocycles. The van der Waals surface area contributed by atoms with Gasteiger partial charge in [-0.15, -0.1) is 0 Å². The summed E-state index contributed by atoms with van der Waals surface area (Å²) in [6.45, 7) is 1.85. The van der Waals surface area contributed by atoms with Crippen molar-refractivity contribution in [3.63, 3.8) is 0 Å². The standard InChI is InChI=1S/C16H13NO3/c1-9-6-12-15(7-14(9)17)20-8-13(16(12)19)10-2-4-11(18)5-3-10/h2-8,18H,17H2,1H3. The molecule has 0 unspecified atom stereocenters. The number of phenolic OH excluding ortho intramolecular Hbond substituents is 1. The number of fused-ring (bicyclic) bond motifs is 1. The highest BCUT2D eigenvalue weighted by molar-refractivity contribution is 5.85. The smallest absolute Gasteiger partial charge is 0.200 e. The van der Waals surface area contributed by atoms with Gasteiger partial charge in [0.25, 0.3) is 0 Å². The van der Waals surface area contributed by atoms with Crippen molar-refractivity contribution in [1.82, 2.24) is 0 Å². The van der Waals surface area contributed by atoms with Crippen LogP contribution in [0.5, 0.6) is 5.75 Å². The lowest BCUT2D eigenvalue weighted by molar-refractivity contribution is 0.475. The third-order valence-corrected chi connectivity index (χ3v) is 3.34. The van der Waals surface area contributed by atoms with Gasteiger partial charge in [0.1, 0.15) is 17.6 Å². The number of aromatic hydroxyl groups is 1. The number of benzene rings is 2. The molecule has 0 saturated carbocycles. The van der Waals surface area contributed by atoms with E-state index in [4.69, 9.17) is 10.2 Å². The van der Waals surface area contributed by atoms with Gasteiger partial charge < -0.3 is 15.3 Å². The Morgan fingerprint density at radius 1 is 1.15 bits per heavy atom. The minimum atomic E-state index is -0.111.